The molecule has 5 heteroatoms. The van der Waals surface area contributed by atoms with Gasteiger partial charge in [0.15, 0.2) is 0 Å². The molecule has 2 amide bonds. The highest BCUT2D eigenvalue weighted by Crippen LogP contribution is 2.45. The number of nitrogens with zero attached hydrogens (tertiary/aromatic N) is 2. The van der Waals surface area contributed by atoms with Crippen molar-refractivity contribution in [2.45, 2.75) is 50.5 Å². The lowest BCUT2D eigenvalue weighted by Crippen LogP contribution is -2.46. The third kappa shape index (κ3) is 2.98. The molecule has 1 fully saturated rings. The van der Waals surface area contributed by atoms with E-state index < -0.39 is 5.41 Å². The minimum Gasteiger partial charge on any atom is -0.305 e. The largest absolute Gasteiger partial charge is 0.305 e. The van der Waals surface area contributed by atoms with Crippen molar-refractivity contribution in [1.82, 2.24) is 9.80 Å². The molecule has 132 valence electrons. The zero-order valence-corrected chi connectivity index (χ0v) is 15.6. The van der Waals surface area contributed by atoms with Gasteiger partial charge in [0.1, 0.15) is 0 Å². The lowest BCUT2D eigenvalue weighted by molar-refractivity contribution is -0.141. The molecule has 4 nitrogen and oxygen atoms in total. The number of hydrogen-bond acceptors (Lipinski definition) is 3. The summed E-state index contributed by atoms with van der Waals surface area (Å²) >= 11 is 0. The Morgan fingerprint density at radius 1 is 1.25 bits per heavy atom. The summed E-state index contributed by atoms with van der Waals surface area (Å²) in [6, 6.07) is 8.38. The van der Waals surface area contributed by atoms with Crippen molar-refractivity contribution in [2.24, 2.45) is 0 Å². The number of benzene rings is 1. The summed E-state index contributed by atoms with van der Waals surface area (Å²) in [5.41, 5.74) is 1.72. The van der Waals surface area contributed by atoms with Crippen LogP contribution in [-0.2, 0) is 21.4 Å². The van der Waals surface area contributed by atoms with E-state index in [-0.39, 0.29) is 30.3 Å². The van der Waals surface area contributed by atoms with Gasteiger partial charge in [-0.05, 0) is 50.9 Å². The van der Waals surface area contributed by atoms with Crippen LogP contribution in [0.3, 0.4) is 0 Å². The van der Waals surface area contributed by atoms with E-state index in [1.165, 1.54) is 10.5 Å². The fraction of sp³-hybridized carbons (Fsp3) is 0.579. The molecule has 24 heavy (non-hydrogen) atoms. The van der Waals surface area contributed by atoms with Crippen molar-refractivity contribution in [3.8, 4) is 0 Å². The van der Waals surface area contributed by atoms with Gasteiger partial charge >= 0.3 is 0 Å². The predicted octanol–water partition coefficient (Wildman–Crippen LogP) is 2.78. The highest BCUT2D eigenvalue weighted by atomic mass is 35.5. The summed E-state index contributed by atoms with van der Waals surface area (Å²) in [5.74, 6) is 0.0157. The normalized spacial score (nSPS) is 24.2. The van der Waals surface area contributed by atoms with E-state index >= 15 is 0 Å². The van der Waals surface area contributed by atoms with Gasteiger partial charge in [-0.2, -0.15) is 0 Å². The highest BCUT2D eigenvalue weighted by Gasteiger charge is 2.54. The zero-order chi connectivity index (χ0) is 16.6. The fourth-order valence-electron chi connectivity index (χ4n) is 4.18. The lowest BCUT2D eigenvalue weighted by atomic mass is 9.69. The van der Waals surface area contributed by atoms with Crippen molar-refractivity contribution in [1.29, 1.82) is 0 Å². The van der Waals surface area contributed by atoms with E-state index in [0.29, 0.717) is 13.0 Å². The Labute approximate surface area is 150 Å². The lowest BCUT2D eigenvalue weighted by Gasteiger charge is -2.34. The average Bonchev–Trinajstić information content (AvgIpc) is 2.77. The quantitative estimate of drug-likeness (QED) is 0.784. The van der Waals surface area contributed by atoms with E-state index in [1.807, 2.05) is 32.3 Å². The summed E-state index contributed by atoms with van der Waals surface area (Å²) < 4.78 is 0. The molecule has 0 aromatic heterocycles. The number of likely N-dealkylation sites (tertiary alicyclic amines) is 1. The van der Waals surface area contributed by atoms with Gasteiger partial charge in [0, 0.05) is 19.0 Å². The van der Waals surface area contributed by atoms with Gasteiger partial charge in [0.05, 0.1) is 5.41 Å². The molecule has 0 unspecified atom stereocenters. The highest BCUT2D eigenvalue weighted by molar-refractivity contribution is 6.09. The van der Waals surface area contributed by atoms with Crippen molar-refractivity contribution in [3.63, 3.8) is 0 Å². The minimum atomic E-state index is -0.601. The van der Waals surface area contributed by atoms with Crippen LogP contribution in [0.4, 0.5) is 0 Å². The number of aryl methyl sites for hydroxylation is 1. The van der Waals surface area contributed by atoms with Gasteiger partial charge in [-0.3, -0.25) is 14.5 Å². The Morgan fingerprint density at radius 2 is 1.96 bits per heavy atom. The maximum atomic E-state index is 13.2. The first-order chi connectivity index (χ1) is 11.0. The van der Waals surface area contributed by atoms with Crippen LogP contribution < -0.4 is 0 Å². The SMILES string of the molecule is CC[C@@H](CN1C(=O)C[C@]2(CCCc3ccccc32)C1=O)N(C)C.Cl. The summed E-state index contributed by atoms with van der Waals surface area (Å²) in [6.07, 6.45) is 4.05. The molecule has 1 aliphatic heterocycles. The minimum absolute atomic E-state index is 0. The molecular weight excluding hydrogens is 324 g/mol. The summed E-state index contributed by atoms with van der Waals surface area (Å²) in [6.45, 7) is 2.60. The standard InChI is InChI=1S/C19H26N2O2.ClH/c1-4-15(20(2)3)13-21-17(22)12-19(18(21)23)11-7-9-14-8-5-6-10-16(14)19;/h5-6,8,10,15H,4,7,9,11-13H2,1-3H3;1H/t15-,19-;/m0./s1. The second kappa shape index (κ2) is 7.24. The number of imide groups is 1. The number of hydrogen-bond donors (Lipinski definition) is 0. The number of carbonyl (C=O) groups is 2. The van der Waals surface area contributed by atoms with Crippen LogP contribution >= 0.6 is 12.4 Å². The van der Waals surface area contributed by atoms with Gasteiger partial charge < -0.3 is 4.90 Å². The molecule has 2 aliphatic rings. The van der Waals surface area contributed by atoms with Crippen LogP contribution in [0.2, 0.25) is 0 Å². The van der Waals surface area contributed by atoms with Crippen molar-refractivity contribution in [2.75, 3.05) is 20.6 Å². The third-order valence-corrected chi connectivity index (χ3v) is 5.59. The van der Waals surface area contributed by atoms with Crippen molar-refractivity contribution >= 4 is 24.2 Å². The zero-order valence-electron chi connectivity index (χ0n) is 14.7. The molecular formula is C19H27ClN2O2. The van der Waals surface area contributed by atoms with E-state index in [0.717, 1.165) is 31.2 Å². The van der Waals surface area contributed by atoms with Gasteiger partial charge in [-0.25, -0.2) is 0 Å². The molecule has 1 spiro atoms. The Morgan fingerprint density at radius 3 is 2.62 bits per heavy atom. The number of carbonyl (C=O) groups excluding carboxylic acids is 2. The van der Waals surface area contributed by atoms with Crippen LogP contribution in [0.15, 0.2) is 24.3 Å². The molecule has 1 heterocycles. The molecule has 0 bridgehead atoms. The second-order valence-corrected chi connectivity index (χ2v) is 7.10. The fourth-order valence-corrected chi connectivity index (χ4v) is 4.18. The van der Waals surface area contributed by atoms with E-state index in [4.69, 9.17) is 0 Å². The summed E-state index contributed by atoms with van der Waals surface area (Å²) in [5, 5.41) is 0. The number of amides is 2. The van der Waals surface area contributed by atoms with Crippen molar-refractivity contribution < 1.29 is 9.59 Å². The molecule has 0 saturated carbocycles. The molecule has 1 saturated heterocycles. The van der Waals surface area contributed by atoms with E-state index in [9.17, 15) is 9.59 Å². The van der Waals surface area contributed by atoms with Crippen LogP contribution in [0, 0.1) is 0 Å². The Hall–Kier alpha value is -1.39. The third-order valence-electron chi connectivity index (χ3n) is 5.59. The Kier molecular flexibility index (Phi) is 5.71. The molecule has 1 aliphatic carbocycles. The number of likely N-dealkylation sites (N-methyl/N-ethyl adjacent to an activating group) is 1. The maximum absolute atomic E-state index is 13.2. The molecule has 2 atom stereocenters. The molecule has 0 N–H and O–H groups in total. The second-order valence-electron chi connectivity index (χ2n) is 7.10. The number of fused-ring (bicyclic) bond motifs is 2. The van der Waals surface area contributed by atoms with Crippen LogP contribution in [0.25, 0.3) is 0 Å². The van der Waals surface area contributed by atoms with E-state index in [2.05, 4.69) is 17.9 Å². The smallest absolute Gasteiger partial charge is 0.240 e. The van der Waals surface area contributed by atoms with Gasteiger partial charge in [0.25, 0.3) is 0 Å². The molecule has 0 radical (unpaired) electrons. The first-order valence-electron chi connectivity index (χ1n) is 8.59. The topological polar surface area (TPSA) is 40.6 Å². The van der Waals surface area contributed by atoms with Gasteiger partial charge in [-0.1, -0.05) is 31.2 Å². The van der Waals surface area contributed by atoms with Gasteiger partial charge in [0.2, 0.25) is 11.8 Å². The summed E-state index contributed by atoms with van der Waals surface area (Å²) in [4.78, 5) is 29.5. The molecule has 3 rings (SSSR count). The average molecular weight is 351 g/mol. The summed E-state index contributed by atoms with van der Waals surface area (Å²) in [7, 11) is 4.01. The van der Waals surface area contributed by atoms with Crippen LogP contribution in [0.5, 0.6) is 0 Å². The van der Waals surface area contributed by atoms with Crippen LogP contribution in [-0.4, -0.2) is 48.3 Å². The number of rotatable bonds is 4. The number of halogens is 1. The first-order valence-corrected chi connectivity index (χ1v) is 8.59. The Balaban J connectivity index is 0.00000208. The first kappa shape index (κ1) is 18.9. The molecule has 1 aromatic rings. The van der Waals surface area contributed by atoms with Gasteiger partial charge in [-0.15, -0.1) is 12.4 Å². The monoisotopic (exact) mass is 350 g/mol. The predicted molar refractivity (Wildman–Crippen MR) is 97.4 cm³/mol. The Bertz CT molecular complexity index is 632. The van der Waals surface area contributed by atoms with Crippen molar-refractivity contribution in [3.05, 3.63) is 35.4 Å². The molecule has 1 aromatic carbocycles. The van der Waals surface area contributed by atoms with Crippen LogP contribution in [0.1, 0.15) is 43.7 Å². The van der Waals surface area contributed by atoms with E-state index in [1.54, 1.807) is 0 Å². The maximum Gasteiger partial charge on any atom is 0.240 e.